The average molecular weight is 201 g/mol. The molecule has 0 heterocycles. The zero-order valence-corrected chi connectivity index (χ0v) is 7.28. The summed E-state index contributed by atoms with van der Waals surface area (Å²) in [6, 6.07) is 5.17. The summed E-state index contributed by atoms with van der Waals surface area (Å²) in [7, 11) is -3.96. The maximum absolute atomic E-state index is 10.9. The summed E-state index contributed by atoms with van der Waals surface area (Å²) in [6.07, 6.45) is 0. The van der Waals surface area contributed by atoms with E-state index >= 15 is 0 Å². The van der Waals surface area contributed by atoms with E-state index in [0.717, 1.165) is 6.07 Å². The summed E-state index contributed by atoms with van der Waals surface area (Å²) in [5.41, 5.74) is -0.315. The number of primary sulfonamides is 1. The third kappa shape index (κ3) is 2.04. The van der Waals surface area contributed by atoms with Crippen molar-refractivity contribution in [3.05, 3.63) is 29.8 Å². The molecule has 3 N–H and O–H groups in total. The van der Waals surface area contributed by atoms with Crippen LogP contribution in [0.3, 0.4) is 0 Å². The highest BCUT2D eigenvalue weighted by molar-refractivity contribution is 7.89. The van der Waals surface area contributed by atoms with E-state index in [0.29, 0.717) is 0 Å². The Morgan fingerprint density at radius 1 is 1.31 bits per heavy atom. The van der Waals surface area contributed by atoms with E-state index < -0.39 is 16.0 Å². The second-order valence-electron chi connectivity index (χ2n) is 2.35. The molecule has 0 amide bonds. The Morgan fingerprint density at radius 2 is 1.85 bits per heavy atom. The summed E-state index contributed by atoms with van der Waals surface area (Å²) in [5, 5.41) is 13.4. The van der Waals surface area contributed by atoms with Crippen LogP contribution in [-0.2, 0) is 10.0 Å². The minimum Gasteiger partial charge on any atom is -0.478 e. The molecule has 5 nitrogen and oxygen atoms in total. The number of aromatic carboxylic acids is 1. The Hall–Kier alpha value is -1.40. The van der Waals surface area contributed by atoms with Gasteiger partial charge < -0.3 is 5.11 Å². The standard InChI is InChI=1S/C7H7NO4S/c8-13(11,12)6-4-2-1-3-5(6)7(9)10/h1-4H,(H,9,10)(H2,8,11,12). The quantitative estimate of drug-likeness (QED) is 0.705. The first-order valence-corrected chi connectivity index (χ1v) is 4.82. The lowest BCUT2D eigenvalue weighted by Crippen LogP contribution is -2.16. The molecule has 70 valence electrons. The van der Waals surface area contributed by atoms with Crippen molar-refractivity contribution in [2.24, 2.45) is 5.14 Å². The van der Waals surface area contributed by atoms with Gasteiger partial charge in [0.1, 0.15) is 0 Å². The van der Waals surface area contributed by atoms with Gasteiger partial charge in [-0.25, -0.2) is 18.4 Å². The van der Waals surface area contributed by atoms with Crippen LogP contribution in [0.25, 0.3) is 0 Å². The molecule has 0 unspecified atom stereocenters. The number of sulfonamides is 1. The SMILES string of the molecule is NS(=O)(=O)c1ccccc1C(=O)O. The molecule has 1 aromatic rings. The Balaban J connectivity index is 3.46. The van der Waals surface area contributed by atoms with Crippen LogP contribution in [0.1, 0.15) is 10.4 Å². The molecular weight excluding hydrogens is 194 g/mol. The molecule has 13 heavy (non-hydrogen) atoms. The zero-order valence-electron chi connectivity index (χ0n) is 6.47. The van der Waals surface area contributed by atoms with Crippen molar-refractivity contribution in [2.45, 2.75) is 4.90 Å². The highest BCUT2D eigenvalue weighted by Crippen LogP contribution is 2.12. The average Bonchev–Trinajstić information content (AvgIpc) is 2.03. The van der Waals surface area contributed by atoms with Crippen LogP contribution in [0.4, 0.5) is 0 Å². The van der Waals surface area contributed by atoms with Crippen LogP contribution in [0.5, 0.6) is 0 Å². The Morgan fingerprint density at radius 3 is 2.23 bits per heavy atom. The van der Waals surface area contributed by atoms with E-state index in [1.165, 1.54) is 18.2 Å². The Labute approximate surface area is 74.9 Å². The second kappa shape index (κ2) is 3.15. The van der Waals surface area contributed by atoms with Gasteiger partial charge in [-0.05, 0) is 12.1 Å². The van der Waals surface area contributed by atoms with E-state index in [1.807, 2.05) is 0 Å². The lowest BCUT2D eigenvalue weighted by molar-refractivity contribution is 0.0692. The minimum atomic E-state index is -3.96. The van der Waals surface area contributed by atoms with Gasteiger partial charge in [-0.3, -0.25) is 0 Å². The zero-order chi connectivity index (χ0) is 10.1. The molecule has 1 rings (SSSR count). The van der Waals surface area contributed by atoms with Crippen molar-refractivity contribution in [1.82, 2.24) is 0 Å². The van der Waals surface area contributed by atoms with Crippen molar-refractivity contribution in [1.29, 1.82) is 0 Å². The summed E-state index contributed by atoms with van der Waals surface area (Å²) in [4.78, 5) is 10.2. The normalized spacial score (nSPS) is 11.2. The highest BCUT2D eigenvalue weighted by Gasteiger charge is 2.17. The van der Waals surface area contributed by atoms with Gasteiger partial charge in [0.05, 0.1) is 10.5 Å². The van der Waals surface area contributed by atoms with E-state index in [1.54, 1.807) is 0 Å². The largest absolute Gasteiger partial charge is 0.478 e. The number of hydrogen-bond donors (Lipinski definition) is 2. The van der Waals surface area contributed by atoms with Gasteiger partial charge in [-0.1, -0.05) is 12.1 Å². The Kier molecular flexibility index (Phi) is 2.35. The van der Waals surface area contributed by atoms with Gasteiger partial charge in [0, 0.05) is 0 Å². The number of carboxylic acid groups (broad SMARTS) is 1. The summed E-state index contributed by atoms with van der Waals surface area (Å²) in [5.74, 6) is -1.32. The number of benzene rings is 1. The smallest absolute Gasteiger partial charge is 0.337 e. The molecule has 0 atom stereocenters. The molecule has 0 saturated heterocycles. The third-order valence-corrected chi connectivity index (χ3v) is 2.39. The van der Waals surface area contributed by atoms with Gasteiger partial charge in [0.25, 0.3) is 0 Å². The van der Waals surface area contributed by atoms with E-state index in [-0.39, 0.29) is 10.5 Å². The van der Waals surface area contributed by atoms with Crippen LogP contribution in [0.15, 0.2) is 29.2 Å². The fraction of sp³-hybridized carbons (Fsp3) is 0. The van der Waals surface area contributed by atoms with Gasteiger partial charge in [-0.2, -0.15) is 0 Å². The Bertz CT molecular complexity index is 438. The fourth-order valence-corrected chi connectivity index (χ4v) is 1.62. The molecule has 0 bridgehead atoms. The van der Waals surface area contributed by atoms with Crippen molar-refractivity contribution >= 4 is 16.0 Å². The second-order valence-corrected chi connectivity index (χ2v) is 3.88. The van der Waals surface area contributed by atoms with Crippen molar-refractivity contribution in [3.8, 4) is 0 Å². The lowest BCUT2D eigenvalue weighted by Gasteiger charge is -2.01. The topological polar surface area (TPSA) is 97.5 Å². The summed E-state index contributed by atoms with van der Waals surface area (Å²) >= 11 is 0. The minimum absolute atomic E-state index is 0.315. The number of hydrogen-bond acceptors (Lipinski definition) is 3. The van der Waals surface area contributed by atoms with Crippen LogP contribution in [0.2, 0.25) is 0 Å². The van der Waals surface area contributed by atoms with Gasteiger partial charge in [0.15, 0.2) is 0 Å². The maximum Gasteiger partial charge on any atom is 0.337 e. The van der Waals surface area contributed by atoms with Crippen LogP contribution in [0, 0.1) is 0 Å². The van der Waals surface area contributed by atoms with E-state index in [4.69, 9.17) is 10.2 Å². The number of nitrogens with two attached hydrogens (primary N) is 1. The molecule has 0 fully saturated rings. The van der Waals surface area contributed by atoms with Crippen molar-refractivity contribution < 1.29 is 18.3 Å². The molecular formula is C7H7NO4S. The molecule has 0 aliphatic heterocycles. The molecule has 1 aromatic carbocycles. The number of carboxylic acids is 1. The van der Waals surface area contributed by atoms with E-state index in [2.05, 4.69) is 0 Å². The monoisotopic (exact) mass is 201 g/mol. The first-order chi connectivity index (χ1) is 5.93. The fourth-order valence-electron chi connectivity index (χ4n) is 0.891. The third-order valence-electron chi connectivity index (χ3n) is 1.42. The van der Waals surface area contributed by atoms with E-state index in [9.17, 15) is 13.2 Å². The predicted molar refractivity (Wildman–Crippen MR) is 44.8 cm³/mol. The summed E-state index contributed by atoms with van der Waals surface area (Å²) in [6.45, 7) is 0. The van der Waals surface area contributed by atoms with Crippen LogP contribution >= 0.6 is 0 Å². The molecule has 0 aromatic heterocycles. The van der Waals surface area contributed by atoms with Crippen molar-refractivity contribution in [3.63, 3.8) is 0 Å². The highest BCUT2D eigenvalue weighted by atomic mass is 32.2. The van der Waals surface area contributed by atoms with Gasteiger partial charge in [0.2, 0.25) is 10.0 Å². The molecule has 0 radical (unpaired) electrons. The van der Waals surface area contributed by atoms with Crippen LogP contribution in [-0.4, -0.2) is 19.5 Å². The van der Waals surface area contributed by atoms with Gasteiger partial charge in [-0.15, -0.1) is 0 Å². The maximum atomic E-state index is 10.9. The summed E-state index contributed by atoms with van der Waals surface area (Å²) < 4.78 is 21.7. The van der Waals surface area contributed by atoms with Crippen molar-refractivity contribution in [2.75, 3.05) is 0 Å². The molecule has 6 heteroatoms. The molecule has 0 aliphatic carbocycles. The first-order valence-electron chi connectivity index (χ1n) is 3.28. The van der Waals surface area contributed by atoms with Crippen LogP contribution < -0.4 is 5.14 Å². The molecule has 0 aliphatic rings. The number of carbonyl (C=O) groups is 1. The predicted octanol–water partition coefficient (Wildman–Crippen LogP) is 0.0322. The molecule has 0 spiro atoms. The first kappa shape index (κ1) is 9.69. The number of rotatable bonds is 2. The molecule has 0 saturated carbocycles. The van der Waals surface area contributed by atoms with Gasteiger partial charge >= 0.3 is 5.97 Å². The lowest BCUT2D eigenvalue weighted by atomic mass is 10.2.